The van der Waals surface area contributed by atoms with Crippen LogP contribution in [0.5, 0.6) is 0 Å². The highest BCUT2D eigenvalue weighted by atomic mass is 35.5. The van der Waals surface area contributed by atoms with E-state index in [9.17, 15) is 19.5 Å². The molecule has 6 rings (SSSR count). The molecule has 0 saturated carbocycles. The van der Waals surface area contributed by atoms with Gasteiger partial charge in [-0.05, 0) is 12.8 Å². The maximum Gasteiger partial charge on any atom is 0.353 e. The first kappa shape index (κ1) is 30.3. The highest BCUT2D eigenvalue weighted by Crippen LogP contribution is 2.41. The Labute approximate surface area is 271 Å². The summed E-state index contributed by atoms with van der Waals surface area (Å²) in [5, 5.41) is 16.9. The number of benzene rings is 3. The second-order valence-corrected chi connectivity index (χ2v) is 12.4. The Kier molecular flexibility index (Phi) is 8.32. The molecular weight excluding hydrogens is 637 g/mol. The van der Waals surface area contributed by atoms with Gasteiger partial charge in [-0.15, -0.1) is 0 Å². The Morgan fingerprint density at radius 2 is 1.51 bits per heavy atom. The lowest BCUT2D eigenvalue weighted by molar-refractivity contribution is -0.155. The zero-order chi connectivity index (χ0) is 31.7. The van der Waals surface area contributed by atoms with Crippen LogP contribution in [0.25, 0.3) is 0 Å². The molecular formula is C32H25Cl2N5O5S. The predicted molar refractivity (Wildman–Crippen MR) is 171 cm³/mol. The molecule has 2 atom stereocenters. The van der Waals surface area contributed by atoms with Gasteiger partial charge in [0.25, 0.3) is 11.8 Å². The van der Waals surface area contributed by atoms with Crippen molar-refractivity contribution in [3.05, 3.63) is 128 Å². The molecule has 0 aliphatic carbocycles. The van der Waals surface area contributed by atoms with E-state index in [1.54, 1.807) is 0 Å². The van der Waals surface area contributed by atoms with Crippen LogP contribution in [0.15, 0.2) is 107 Å². The number of nitrogens with zero attached hydrogens (tertiary/aromatic N) is 3. The van der Waals surface area contributed by atoms with Gasteiger partial charge in [-0.3, -0.25) is 14.5 Å². The number of halogens is 2. The van der Waals surface area contributed by atoms with Gasteiger partial charge < -0.3 is 21.0 Å². The minimum atomic E-state index is -1.33. The van der Waals surface area contributed by atoms with E-state index in [-0.39, 0.29) is 38.0 Å². The van der Waals surface area contributed by atoms with Gasteiger partial charge in [-0.2, -0.15) is 0 Å². The number of amides is 2. The molecule has 1 unspecified atom stereocenters. The first-order valence-electron chi connectivity index (χ1n) is 13.8. The quantitative estimate of drug-likeness (QED) is 0.0977. The van der Waals surface area contributed by atoms with Gasteiger partial charge in [0, 0.05) is 21.7 Å². The zero-order valence-corrected chi connectivity index (χ0v) is 25.7. The first-order chi connectivity index (χ1) is 21.7. The lowest BCUT2D eigenvalue weighted by Gasteiger charge is -2.49. The van der Waals surface area contributed by atoms with Crippen molar-refractivity contribution >= 4 is 63.2 Å². The maximum absolute atomic E-state index is 14.0. The van der Waals surface area contributed by atoms with E-state index >= 15 is 0 Å². The molecule has 0 spiro atoms. The molecule has 2 amide bonds. The topological polar surface area (TPSA) is 147 Å². The number of nitrogens with one attached hydrogen (secondary N) is 1. The predicted octanol–water partition coefficient (Wildman–Crippen LogP) is 5.12. The van der Waals surface area contributed by atoms with Gasteiger partial charge in [-0.1, -0.05) is 131 Å². The van der Waals surface area contributed by atoms with Crippen molar-refractivity contribution in [2.24, 2.45) is 5.16 Å². The Morgan fingerprint density at radius 3 is 1.98 bits per heavy atom. The fraction of sp³-hybridized carbons (Fsp3) is 0.156. The number of anilines is 1. The van der Waals surface area contributed by atoms with Gasteiger partial charge in [0.15, 0.2) is 10.8 Å². The van der Waals surface area contributed by atoms with E-state index in [2.05, 4.69) is 15.5 Å². The number of aromatic nitrogens is 1. The molecule has 2 aliphatic heterocycles. The number of hydrogen-bond acceptors (Lipinski definition) is 8. The summed E-state index contributed by atoms with van der Waals surface area (Å²) in [7, 11) is 0. The number of carbonyl (C=O) groups excluding carboxylic acids is 2. The molecule has 10 nitrogen and oxygen atoms in total. The number of hydrogen-bond donors (Lipinski definition) is 3. The first-order valence-corrected chi connectivity index (χ1v) is 15.4. The fourth-order valence-corrected chi connectivity index (χ4v) is 6.88. The van der Waals surface area contributed by atoms with Crippen molar-refractivity contribution in [2.45, 2.75) is 30.5 Å². The lowest BCUT2D eigenvalue weighted by Crippen LogP contribution is -2.72. The molecule has 1 saturated heterocycles. The summed E-state index contributed by atoms with van der Waals surface area (Å²) >= 11 is 13.6. The van der Waals surface area contributed by atoms with Crippen molar-refractivity contribution in [1.29, 1.82) is 0 Å². The normalized spacial score (nSPS) is 18.2. The largest absolute Gasteiger partial charge is 0.477 e. The van der Waals surface area contributed by atoms with Crippen molar-refractivity contribution in [3.63, 3.8) is 0 Å². The second kappa shape index (κ2) is 12.4. The summed E-state index contributed by atoms with van der Waals surface area (Å²) in [6.45, 7) is 0. The van der Waals surface area contributed by atoms with E-state index in [0.29, 0.717) is 6.42 Å². The van der Waals surface area contributed by atoms with Crippen LogP contribution in [-0.2, 0) is 24.8 Å². The number of thiazole rings is 1. The van der Waals surface area contributed by atoms with Gasteiger partial charge >= 0.3 is 5.97 Å². The summed E-state index contributed by atoms with van der Waals surface area (Å²) in [6, 6.07) is 26.6. The molecule has 13 heteroatoms. The smallest absolute Gasteiger partial charge is 0.353 e. The van der Waals surface area contributed by atoms with Crippen LogP contribution >= 0.6 is 34.5 Å². The van der Waals surface area contributed by atoms with E-state index in [0.717, 1.165) is 32.9 Å². The minimum absolute atomic E-state index is 0.0267. The number of aliphatic carboxylic acids is 1. The summed E-state index contributed by atoms with van der Waals surface area (Å²) in [5.41, 5.74) is 6.18. The number of nitrogens with two attached hydrogens (primary N) is 1. The molecule has 228 valence electrons. The van der Waals surface area contributed by atoms with E-state index in [1.165, 1.54) is 0 Å². The van der Waals surface area contributed by atoms with Crippen LogP contribution in [0, 0.1) is 0 Å². The number of oxime groups is 1. The van der Waals surface area contributed by atoms with Crippen LogP contribution in [0.1, 0.15) is 35.2 Å². The van der Waals surface area contributed by atoms with Crippen molar-refractivity contribution in [2.75, 3.05) is 5.73 Å². The summed E-state index contributed by atoms with van der Waals surface area (Å²) < 4.78 is 0.0943. The van der Waals surface area contributed by atoms with Crippen LogP contribution in [-0.4, -0.2) is 50.6 Å². The van der Waals surface area contributed by atoms with Gasteiger partial charge in [0.05, 0.1) is 6.04 Å². The average Bonchev–Trinajstić information content (AvgIpc) is 3.39. The number of carboxylic acid groups (broad SMARTS) is 1. The molecule has 3 heterocycles. The summed E-state index contributed by atoms with van der Waals surface area (Å²) in [4.78, 5) is 50.7. The van der Waals surface area contributed by atoms with Gasteiger partial charge in [-0.25, -0.2) is 9.78 Å². The Balaban J connectivity index is 1.43. The van der Waals surface area contributed by atoms with Crippen molar-refractivity contribution < 1.29 is 24.3 Å². The Morgan fingerprint density at radius 1 is 0.978 bits per heavy atom. The number of β-lactam (4-membered cyclic amide) rings is 1. The van der Waals surface area contributed by atoms with Crippen LogP contribution < -0.4 is 11.1 Å². The Bertz CT molecular complexity index is 1740. The van der Waals surface area contributed by atoms with Crippen LogP contribution in [0.3, 0.4) is 0 Å². The minimum Gasteiger partial charge on any atom is -0.477 e. The fourth-order valence-electron chi connectivity index (χ4n) is 5.67. The number of carbonyl (C=O) groups is 3. The van der Waals surface area contributed by atoms with Crippen molar-refractivity contribution in [1.82, 2.24) is 15.2 Å². The molecule has 1 fully saturated rings. The lowest BCUT2D eigenvalue weighted by atomic mass is 9.80. The van der Waals surface area contributed by atoms with E-state index in [1.807, 2.05) is 91.0 Å². The number of carboxylic acids is 1. The highest BCUT2D eigenvalue weighted by Gasteiger charge is 2.53. The average molecular weight is 663 g/mol. The molecule has 45 heavy (non-hydrogen) atoms. The maximum atomic E-state index is 14.0. The van der Waals surface area contributed by atoms with Gasteiger partial charge in [0.2, 0.25) is 5.60 Å². The standard InChI is InChI=1S/C32H25Cl2N5O5S/c33-21-16-17-22-23(29(41)39(22)26(21)30(42)43)36-28(40)25(24-27(34)45-31(35)37-24)38-44-32(18-10-4-1-5-11-18,19-12-6-2-7-13-19)20-14-8-3-9-15-20/h1-15,22-23H,16-17H2,(H2,35,37)(H,36,40)(H,42,43)/b38-25-/t22?,23-/m0/s1. The molecule has 3 aromatic carbocycles. The van der Waals surface area contributed by atoms with E-state index < -0.39 is 35.5 Å². The number of allylic oxidation sites excluding steroid dienone is 1. The van der Waals surface area contributed by atoms with Crippen LogP contribution in [0.2, 0.25) is 4.34 Å². The van der Waals surface area contributed by atoms with E-state index in [4.69, 9.17) is 33.8 Å². The zero-order valence-electron chi connectivity index (χ0n) is 23.4. The molecule has 4 N–H and O–H groups in total. The molecule has 4 aromatic rings. The van der Waals surface area contributed by atoms with Crippen molar-refractivity contribution in [3.8, 4) is 0 Å². The Hall–Kier alpha value is -4.71. The van der Waals surface area contributed by atoms with Gasteiger partial charge in [0.1, 0.15) is 21.8 Å². The monoisotopic (exact) mass is 661 g/mol. The summed E-state index contributed by atoms with van der Waals surface area (Å²) in [6.07, 6.45) is 0.606. The number of fused-ring (bicyclic) bond motifs is 1. The molecule has 1 aromatic heterocycles. The number of nitrogen functional groups attached to an aromatic ring is 1. The third-order valence-electron chi connectivity index (χ3n) is 7.72. The third kappa shape index (κ3) is 5.43. The highest BCUT2D eigenvalue weighted by molar-refractivity contribution is 7.19. The SMILES string of the molecule is Nc1nc(/C(=N/OC(c2ccccc2)(c2ccccc2)c2ccccc2)C(=O)N[C@@H]2C(=O)N3C(C(=O)O)=C(Cl)CCC23)c(Cl)s1. The van der Waals surface area contributed by atoms with Crippen LogP contribution in [0.4, 0.5) is 5.13 Å². The molecule has 0 bridgehead atoms. The second-order valence-electron chi connectivity index (χ2n) is 10.3. The third-order valence-corrected chi connectivity index (χ3v) is 9.17. The molecule has 0 radical (unpaired) electrons. The number of rotatable bonds is 9. The molecule has 2 aliphatic rings. The summed E-state index contributed by atoms with van der Waals surface area (Å²) in [5.74, 6) is -2.73.